The summed E-state index contributed by atoms with van der Waals surface area (Å²) in [5.41, 5.74) is 1.97. The van der Waals surface area contributed by atoms with Gasteiger partial charge in [0, 0.05) is 15.2 Å². The monoisotopic (exact) mass is 374 g/mol. The molecule has 1 aromatic heterocycles. The second-order valence-corrected chi connectivity index (χ2v) is 5.53. The largest absolute Gasteiger partial charge is 0.378 e. The van der Waals surface area contributed by atoms with Gasteiger partial charge in [-0.05, 0) is 62.2 Å². The summed E-state index contributed by atoms with van der Waals surface area (Å²) in [6, 6.07) is 11.5. The number of hydrogen-bond acceptors (Lipinski definition) is 2. The van der Waals surface area contributed by atoms with E-state index < -0.39 is 0 Å². The summed E-state index contributed by atoms with van der Waals surface area (Å²) in [5.74, 6) is 0. The third-order valence-electron chi connectivity index (χ3n) is 2.16. The molecule has 0 saturated heterocycles. The maximum atomic E-state index is 5.88. The summed E-state index contributed by atoms with van der Waals surface area (Å²) in [4.78, 5) is 4.35. The molecule has 2 rings (SSSR count). The highest BCUT2D eigenvalue weighted by atomic mass is 79.9. The van der Waals surface area contributed by atoms with Crippen LogP contribution in [0, 0.1) is 0 Å². The molecule has 0 fully saturated rings. The molecule has 2 aromatic rings. The molecule has 0 unspecified atom stereocenters. The van der Waals surface area contributed by atoms with Crippen LogP contribution in [0.5, 0.6) is 0 Å². The molecule has 0 aliphatic carbocycles. The topological polar surface area (TPSA) is 24.9 Å². The lowest BCUT2D eigenvalue weighted by molar-refractivity contribution is 1.03. The van der Waals surface area contributed by atoms with E-state index in [1.54, 1.807) is 0 Å². The van der Waals surface area contributed by atoms with E-state index in [4.69, 9.17) is 11.6 Å². The van der Waals surface area contributed by atoms with Crippen LogP contribution in [0.2, 0.25) is 5.02 Å². The van der Waals surface area contributed by atoms with Crippen molar-refractivity contribution in [2.75, 3.05) is 5.32 Å². The first kappa shape index (κ1) is 12.9. The van der Waals surface area contributed by atoms with Crippen LogP contribution in [0.4, 0.5) is 5.69 Å². The van der Waals surface area contributed by atoms with Crippen LogP contribution in [0.25, 0.3) is 0 Å². The van der Waals surface area contributed by atoms with Crippen LogP contribution in [0.1, 0.15) is 5.69 Å². The van der Waals surface area contributed by atoms with E-state index in [1.807, 2.05) is 36.4 Å². The van der Waals surface area contributed by atoms with Gasteiger partial charge in [0.1, 0.15) is 4.60 Å². The van der Waals surface area contributed by atoms with Crippen molar-refractivity contribution in [2.24, 2.45) is 0 Å². The number of aromatic nitrogens is 1. The van der Waals surface area contributed by atoms with Gasteiger partial charge in [0.25, 0.3) is 0 Å². The van der Waals surface area contributed by atoms with E-state index in [1.165, 1.54) is 0 Å². The summed E-state index contributed by atoms with van der Waals surface area (Å²) in [6.07, 6.45) is 0. The van der Waals surface area contributed by atoms with Crippen molar-refractivity contribution in [2.45, 2.75) is 6.54 Å². The Labute approximate surface area is 122 Å². The lowest BCUT2D eigenvalue weighted by Gasteiger charge is -2.08. The van der Waals surface area contributed by atoms with Gasteiger partial charge in [-0.3, -0.25) is 0 Å². The van der Waals surface area contributed by atoms with Gasteiger partial charge in [-0.25, -0.2) is 4.98 Å². The fourth-order valence-electron chi connectivity index (χ4n) is 1.37. The van der Waals surface area contributed by atoms with Crippen molar-refractivity contribution in [1.82, 2.24) is 4.98 Å². The van der Waals surface area contributed by atoms with Gasteiger partial charge in [0.2, 0.25) is 0 Å². The maximum Gasteiger partial charge on any atom is 0.106 e. The lowest BCUT2D eigenvalue weighted by atomic mass is 10.3. The molecule has 0 spiro atoms. The molecule has 88 valence electrons. The second kappa shape index (κ2) is 5.85. The summed E-state index contributed by atoms with van der Waals surface area (Å²) in [6.45, 7) is 0.666. The van der Waals surface area contributed by atoms with Crippen LogP contribution in [0.3, 0.4) is 0 Å². The van der Waals surface area contributed by atoms with E-state index >= 15 is 0 Å². The van der Waals surface area contributed by atoms with Crippen LogP contribution in [-0.2, 0) is 6.54 Å². The Morgan fingerprint density at radius 1 is 1.18 bits per heavy atom. The number of halogens is 3. The second-order valence-electron chi connectivity index (χ2n) is 3.43. The number of nitrogens with one attached hydrogen (secondary N) is 1. The zero-order chi connectivity index (χ0) is 12.3. The van der Waals surface area contributed by atoms with Crippen molar-refractivity contribution in [3.8, 4) is 0 Å². The Balaban J connectivity index is 2.07. The van der Waals surface area contributed by atoms with E-state index in [0.29, 0.717) is 11.6 Å². The first-order valence-electron chi connectivity index (χ1n) is 4.95. The van der Waals surface area contributed by atoms with Crippen LogP contribution in [-0.4, -0.2) is 4.98 Å². The standard InChI is InChI=1S/C12H9Br2ClN2/c13-10-6-8(15)4-5-11(10)16-7-9-2-1-3-12(14)17-9/h1-6,16H,7H2. The van der Waals surface area contributed by atoms with Gasteiger partial charge in [0.15, 0.2) is 0 Å². The molecule has 0 amide bonds. The fourth-order valence-corrected chi connectivity index (χ4v) is 2.57. The molecular formula is C12H9Br2ClN2. The summed E-state index contributed by atoms with van der Waals surface area (Å²) in [7, 11) is 0. The average Bonchev–Trinajstić information content (AvgIpc) is 2.28. The number of nitrogens with zero attached hydrogens (tertiary/aromatic N) is 1. The lowest BCUT2D eigenvalue weighted by Crippen LogP contribution is -2.02. The van der Waals surface area contributed by atoms with Crippen LogP contribution in [0.15, 0.2) is 45.5 Å². The highest BCUT2D eigenvalue weighted by Crippen LogP contribution is 2.26. The number of pyridine rings is 1. The van der Waals surface area contributed by atoms with Crippen molar-refractivity contribution in [3.05, 3.63) is 56.2 Å². The number of benzene rings is 1. The molecule has 0 atom stereocenters. The van der Waals surface area contributed by atoms with Gasteiger partial charge >= 0.3 is 0 Å². The quantitative estimate of drug-likeness (QED) is 0.773. The van der Waals surface area contributed by atoms with E-state index in [-0.39, 0.29) is 0 Å². The Kier molecular flexibility index (Phi) is 4.42. The molecule has 0 aliphatic heterocycles. The van der Waals surface area contributed by atoms with Crippen molar-refractivity contribution in [3.63, 3.8) is 0 Å². The van der Waals surface area contributed by atoms with Gasteiger partial charge in [0.05, 0.1) is 12.2 Å². The zero-order valence-corrected chi connectivity index (χ0v) is 12.7. The van der Waals surface area contributed by atoms with E-state index in [9.17, 15) is 0 Å². The summed E-state index contributed by atoms with van der Waals surface area (Å²) < 4.78 is 1.78. The van der Waals surface area contributed by atoms with Crippen LogP contribution >= 0.6 is 43.5 Å². The molecule has 1 N–H and O–H groups in total. The van der Waals surface area contributed by atoms with Gasteiger partial charge in [-0.2, -0.15) is 0 Å². The molecule has 2 nitrogen and oxygen atoms in total. The molecule has 0 radical (unpaired) electrons. The number of anilines is 1. The minimum atomic E-state index is 0.666. The first-order valence-corrected chi connectivity index (χ1v) is 6.92. The molecule has 0 saturated carbocycles. The van der Waals surface area contributed by atoms with E-state index in [0.717, 1.165) is 20.5 Å². The highest BCUT2D eigenvalue weighted by Gasteiger charge is 2.01. The third-order valence-corrected chi connectivity index (χ3v) is 3.50. The zero-order valence-electron chi connectivity index (χ0n) is 8.75. The number of rotatable bonds is 3. The molecule has 0 bridgehead atoms. The minimum Gasteiger partial charge on any atom is -0.378 e. The SMILES string of the molecule is Clc1ccc(NCc2cccc(Br)n2)c(Br)c1. The third kappa shape index (κ3) is 3.69. The number of hydrogen-bond donors (Lipinski definition) is 1. The molecule has 0 aliphatic rings. The molecular weight excluding hydrogens is 367 g/mol. The van der Waals surface area contributed by atoms with Gasteiger partial charge in [-0.15, -0.1) is 0 Å². The summed E-state index contributed by atoms with van der Waals surface area (Å²) >= 11 is 12.7. The van der Waals surface area contributed by atoms with Crippen LogP contribution < -0.4 is 5.32 Å². The normalized spacial score (nSPS) is 10.3. The Morgan fingerprint density at radius 3 is 2.71 bits per heavy atom. The Bertz CT molecular complexity index is 532. The maximum absolute atomic E-state index is 5.88. The summed E-state index contributed by atoms with van der Waals surface area (Å²) in [5, 5.41) is 4.01. The Morgan fingerprint density at radius 2 is 2.00 bits per heavy atom. The predicted molar refractivity (Wildman–Crippen MR) is 78.4 cm³/mol. The smallest absolute Gasteiger partial charge is 0.106 e. The van der Waals surface area contributed by atoms with Gasteiger partial charge < -0.3 is 5.32 Å². The fraction of sp³-hybridized carbons (Fsp3) is 0.0833. The Hall–Kier alpha value is -0.580. The minimum absolute atomic E-state index is 0.666. The molecule has 1 heterocycles. The molecule has 1 aromatic carbocycles. The average molecular weight is 376 g/mol. The van der Waals surface area contributed by atoms with Crippen molar-refractivity contribution >= 4 is 49.1 Å². The van der Waals surface area contributed by atoms with Gasteiger partial charge in [-0.1, -0.05) is 17.7 Å². The van der Waals surface area contributed by atoms with E-state index in [2.05, 4.69) is 42.2 Å². The van der Waals surface area contributed by atoms with Crippen molar-refractivity contribution in [1.29, 1.82) is 0 Å². The molecule has 5 heteroatoms. The first-order chi connectivity index (χ1) is 8.15. The predicted octanol–water partition coefficient (Wildman–Crippen LogP) is 4.87. The highest BCUT2D eigenvalue weighted by molar-refractivity contribution is 9.10. The molecule has 17 heavy (non-hydrogen) atoms. The van der Waals surface area contributed by atoms with Crippen molar-refractivity contribution < 1.29 is 0 Å².